The Morgan fingerprint density at radius 3 is 2.66 bits per heavy atom. The number of nitrogens with one attached hydrogen (secondary N) is 2. The monoisotopic (exact) mass is 395 g/mol. The van der Waals surface area contributed by atoms with Crippen LogP contribution in [-0.4, -0.2) is 32.7 Å². The predicted octanol–water partition coefficient (Wildman–Crippen LogP) is 2.98. The minimum absolute atomic E-state index is 0.225. The van der Waals surface area contributed by atoms with Crippen molar-refractivity contribution in [2.24, 2.45) is 0 Å². The van der Waals surface area contributed by atoms with Gasteiger partial charge in [-0.05, 0) is 50.1 Å². The average Bonchev–Trinajstić information content (AvgIpc) is 2.72. The first-order valence-electron chi connectivity index (χ1n) is 9.21. The van der Waals surface area contributed by atoms with Crippen LogP contribution < -0.4 is 15.6 Å². The fourth-order valence-electron chi connectivity index (χ4n) is 2.48. The molecule has 0 amide bonds. The summed E-state index contributed by atoms with van der Waals surface area (Å²) in [5.74, 6) is 1.07. The van der Waals surface area contributed by atoms with Crippen LogP contribution in [0.1, 0.15) is 25.5 Å². The van der Waals surface area contributed by atoms with Gasteiger partial charge in [-0.3, -0.25) is 14.6 Å². The van der Waals surface area contributed by atoms with Crippen molar-refractivity contribution in [1.82, 2.24) is 20.2 Å². The molecule has 29 heavy (non-hydrogen) atoms. The number of esters is 1. The topological polar surface area (TPSA) is 119 Å². The Bertz CT molecular complexity index is 990. The Labute approximate surface area is 167 Å². The van der Waals surface area contributed by atoms with Crippen LogP contribution in [0.5, 0.6) is 11.6 Å². The van der Waals surface area contributed by atoms with E-state index >= 15 is 0 Å². The van der Waals surface area contributed by atoms with Gasteiger partial charge in [-0.1, -0.05) is 6.07 Å². The summed E-state index contributed by atoms with van der Waals surface area (Å²) in [5, 5.41) is 10.9. The van der Waals surface area contributed by atoms with Crippen LogP contribution in [0.3, 0.4) is 0 Å². The van der Waals surface area contributed by atoms with Gasteiger partial charge in [-0.25, -0.2) is 4.98 Å². The fraction of sp³-hybridized carbons (Fsp3) is 0.250. The van der Waals surface area contributed by atoms with E-state index in [9.17, 15) is 9.59 Å². The summed E-state index contributed by atoms with van der Waals surface area (Å²) in [7, 11) is 0. The SMILES string of the molecule is CCOC(=O)CCCc1nnc(Nc2ccc(Oc3ccccn3)cc2)[nH]c1=O. The lowest BCUT2D eigenvalue weighted by atomic mass is 10.2. The number of carbonyl (C=O) groups excluding carboxylic acids is 1. The summed E-state index contributed by atoms with van der Waals surface area (Å²) < 4.78 is 10.5. The van der Waals surface area contributed by atoms with Crippen molar-refractivity contribution in [3.63, 3.8) is 0 Å². The predicted molar refractivity (Wildman–Crippen MR) is 106 cm³/mol. The third kappa shape index (κ3) is 6.13. The Morgan fingerprint density at radius 2 is 1.97 bits per heavy atom. The molecule has 2 N–H and O–H groups in total. The third-order valence-corrected chi connectivity index (χ3v) is 3.84. The summed E-state index contributed by atoms with van der Waals surface area (Å²) in [6.07, 6.45) is 2.71. The summed E-state index contributed by atoms with van der Waals surface area (Å²) >= 11 is 0. The molecule has 2 aromatic heterocycles. The van der Waals surface area contributed by atoms with Crippen LogP contribution in [0, 0.1) is 0 Å². The lowest BCUT2D eigenvalue weighted by Gasteiger charge is -2.07. The number of aryl methyl sites for hydroxylation is 1. The molecule has 2 heterocycles. The number of benzene rings is 1. The summed E-state index contributed by atoms with van der Waals surface area (Å²) in [6.45, 7) is 2.09. The molecule has 0 atom stereocenters. The zero-order chi connectivity index (χ0) is 20.5. The molecule has 0 fully saturated rings. The Kier molecular flexibility index (Phi) is 6.88. The maximum atomic E-state index is 12.1. The van der Waals surface area contributed by atoms with Gasteiger partial charge in [0.05, 0.1) is 6.61 Å². The number of pyridine rings is 1. The van der Waals surface area contributed by atoms with Gasteiger partial charge in [0.25, 0.3) is 5.56 Å². The van der Waals surface area contributed by atoms with Crippen LogP contribution in [-0.2, 0) is 16.0 Å². The first-order valence-corrected chi connectivity index (χ1v) is 9.21. The van der Waals surface area contributed by atoms with Gasteiger partial charge in [0.2, 0.25) is 11.8 Å². The highest BCUT2D eigenvalue weighted by Gasteiger charge is 2.08. The number of rotatable bonds is 9. The van der Waals surface area contributed by atoms with E-state index in [4.69, 9.17) is 9.47 Å². The number of anilines is 2. The molecule has 0 radical (unpaired) electrons. The van der Waals surface area contributed by atoms with E-state index in [1.54, 1.807) is 43.5 Å². The van der Waals surface area contributed by atoms with E-state index in [0.29, 0.717) is 36.8 Å². The highest BCUT2D eigenvalue weighted by atomic mass is 16.5. The molecule has 9 heteroatoms. The van der Waals surface area contributed by atoms with Crippen LogP contribution >= 0.6 is 0 Å². The number of hydrogen-bond donors (Lipinski definition) is 2. The molecule has 150 valence electrons. The fourth-order valence-corrected chi connectivity index (χ4v) is 2.48. The van der Waals surface area contributed by atoms with E-state index in [2.05, 4.69) is 25.5 Å². The number of aromatic nitrogens is 4. The lowest BCUT2D eigenvalue weighted by molar-refractivity contribution is -0.143. The van der Waals surface area contributed by atoms with Crippen molar-refractivity contribution < 1.29 is 14.3 Å². The van der Waals surface area contributed by atoms with E-state index in [1.807, 2.05) is 12.1 Å². The number of aromatic amines is 1. The molecular formula is C20H21N5O4. The van der Waals surface area contributed by atoms with Crippen molar-refractivity contribution >= 4 is 17.6 Å². The van der Waals surface area contributed by atoms with Crippen molar-refractivity contribution in [2.75, 3.05) is 11.9 Å². The summed E-state index contributed by atoms with van der Waals surface area (Å²) in [5.41, 5.74) is 0.638. The quantitative estimate of drug-likeness (QED) is 0.531. The second-order valence-electron chi connectivity index (χ2n) is 6.03. The zero-order valence-corrected chi connectivity index (χ0v) is 15.9. The zero-order valence-electron chi connectivity index (χ0n) is 15.9. The molecule has 9 nitrogen and oxygen atoms in total. The molecule has 1 aromatic carbocycles. The highest BCUT2D eigenvalue weighted by Crippen LogP contribution is 2.22. The molecule has 0 spiro atoms. The van der Waals surface area contributed by atoms with Crippen LogP contribution in [0.15, 0.2) is 53.5 Å². The average molecular weight is 395 g/mol. The number of carbonyl (C=O) groups is 1. The van der Waals surface area contributed by atoms with E-state index in [1.165, 1.54) is 0 Å². The Balaban J connectivity index is 1.55. The smallest absolute Gasteiger partial charge is 0.305 e. The number of nitrogens with zero attached hydrogens (tertiary/aromatic N) is 3. The largest absolute Gasteiger partial charge is 0.466 e. The van der Waals surface area contributed by atoms with Gasteiger partial charge in [-0.15, -0.1) is 10.2 Å². The van der Waals surface area contributed by atoms with Crippen LogP contribution in [0.2, 0.25) is 0 Å². The van der Waals surface area contributed by atoms with Gasteiger partial charge < -0.3 is 14.8 Å². The van der Waals surface area contributed by atoms with E-state index < -0.39 is 0 Å². The number of hydrogen-bond acceptors (Lipinski definition) is 8. The molecular weight excluding hydrogens is 374 g/mol. The Morgan fingerprint density at radius 1 is 1.14 bits per heavy atom. The minimum Gasteiger partial charge on any atom is -0.466 e. The molecule has 0 aliphatic carbocycles. The molecule has 0 aliphatic rings. The maximum Gasteiger partial charge on any atom is 0.305 e. The van der Waals surface area contributed by atoms with Crippen LogP contribution in [0.25, 0.3) is 0 Å². The van der Waals surface area contributed by atoms with Gasteiger partial charge in [-0.2, -0.15) is 0 Å². The second kappa shape index (κ2) is 9.98. The van der Waals surface area contributed by atoms with E-state index in [0.717, 1.165) is 0 Å². The normalized spacial score (nSPS) is 10.4. The first kappa shape index (κ1) is 20.0. The van der Waals surface area contributed by atoms with Crippen molar-refractivity contribution in [3.8, 4) is 11.6 Å². The van der Waals surface area contributed by atoms with Crippen molar-refractivity contribution in [3.05, 3.63) is 64.7 Å². The molecule has 0 unspecified atom stereocenters. The molecule has 0 saturated heterocycles. The first-order chi connectivity index (χ1) is 14.1. The molecule has 0 bridgehead atoms. The maximum absolute atomic E-state index is 12.1. The Hall–Kier alpha value is -3.75. The second-order valence-corrected chi connectivity index (χ2v) is 6.03. The van der Waals surface area contributed by atoms with Crippen LogP contribution in [0.4, 0.5) is 11.6 Å². The standard InChI is InChI=1S/C20H21N5O4/c1-2-28-18(26)8-5-6-16-19(27)23-20(25-24-16)22-14-9-11-15(12-10-14)29-17-7-3-4-13-21-17/h3-4,7,9-13H,2,5-6,8H2,1H3,(H2,22,23,25,27). The third-order valence-electron chi connectivity index (χ3n) is 3.84. The number of H-pyrrole nitrogens is 1. The van der Waals surface area contributed by atoms with Gasteiger partial charge >= 0.3 is 5.97 Å². The van der Waals surface area contributed by atoms with Crippen molar-refractivity contribution in [1.29, 1.82) is 0 Å². The van der Waals surface area contributed by atoms with Gasteiger partial charge in [0.15, 0.2) is 0 Å². The minimum atomic E-state index is -0.346. The number of ether oxygens (including phenoxy) is 2. The highest BCUT2D eigenvalue weighted by molar-refractivity contribution is 5.69. The van der Waals surface area contributed by atoms with Crippen molar-refractivity contribution in [2.45, 2.75) is 26.2 Å². The van der Waals surface area contributed by atoms with Gasteiger partial charge in [0, 0.05) is 24.4 Å². The molecule has 3 rings (SSSR count). The lowest BCUT2D eigenvalue weighted by Crippen LogP contribution is -2.19. The summed E-state index contributed by atoms with van der Waals surface area (Å²) in [4.78, 5) is 30.2. The molecule has 3 aromatic rings. The molecule has 0 saturated carbocycles. The van der Waals surface area contributed by atoms with E-state index in [-0.39, 0.29) is 29.6 Å². The summed E-state index contributed by atoms with van der Waals surface area (Å²) in [6, 6.07) is 12.5. The molecule has 0 aliphatic heterocycles. The van der Waals surface area contributed by atoms with Gasteiger partial charge in [0.1, 0.15) is 11.4 Å².